The topological polar surface area (TPSA) is 61.4 Å². The number of amides is 2. The fraction of sp³-hybridized carbons (Fsp3) is 0.706. The number of hydrogen-bond acceptors (Lipinski definition) is 4. The fourth-order valence-electron chi connectivity index (χ4n) is 3.44. The molecule has 0 aromatic carbocycles. The minimum atomic E-state index is 0.0111. The molecule has 0 spiro atoms. The van der Waals surface area contributed by atoms with Gasteiger partial charge in [-0.2, -0.15) is 0 Å². The molecule has 126 valence electrons. The Morgan fingerprint density at radius 1 is 1.26 bits per heavy atom. The number of aryl methyl sites for hydroxylation is 1. The largest absolute Gasteiger partial charge is 0.356 e. The van der Waals surface area contributed by atoms with E-state index in [1.54, 1.807) is 0 Å². The maximum absolute atomic E-state index is 12.2. The van der Waals surface area contributed by atoms with Crippen LogP contribution in [0.2, 0.25) is 0 Å². The third-order valence-corrected chi connectivity index (χ3v) is 4.85. The van der Waals surface area contributed by atoms with E-state index in [-0.39, 0.29) is 6.03 Å². The second-order valence-corrected chi connectivity index (χ2v) is 6.70. The van der Waals surface area contributed by atoms with Gasteiger partial charge < -0.3 is 15.1 Å². The first kappa shape index (κ1) is 16.0. The number of hydrogen-bond donors (Lipinski definition) is 1. The van der Waals surface area contributed by atoms with E-state index < -0.39 is 0 Å². The number of carbonyl (C=O) groups excluding carboxylic acids is 1. The van der Waals surface area contributed by atoms with Crippen molar-refractivity contribution in [1.82, 2.24) is 20.2 Å². The summed E-state index contributed by atoms with van der Waals surface area (Å²) in [6, 6.07) is 0.0111. The molecule has 6 nitrogen and oxygen atoms in total. The number of piperidine rings is 1. The van der Waals surface area contributed by atoms with Gasteiger partial charge in [-0.3, -0.25) is 0 Å². The van der Waals surface area contributed by atoms with Gasteiger partial charge in [-0.25, -0.2) is 14.8 Å². The van der Waals surface area contributed by atoms with Gasteiger partial charge in [0.15, 0.2) is 0 Å². The molecule has 1 aromatic heterocycles. The number of urea groups is 1. The van der Waals surface area contributed by atoms with Crippen LogP contribution in [0.4, 0.5) is 10.6 Å². The van der Waals surface area contributed by atoms with Gasteiger partial charge in [0.1, 0.15) is 11.6 Å². The molecule has 1 aromatic rings. The quantitative estimate of drug-likeness (QED) is 0.907. The van der Waals surface area contributed by atoms with Crippen molar-refractivity contribution in [3.63, 3.8) is 0 Å². The van der Waals surface area contributed by atoms with Gasteiger partial charge in [0.25, 0.3) is 0 Å². The van der Waals surface area contributed by atoms with E-state index in [2.05, 4.69) is 22.1 Å². The number of anilines is 1. The highest BCUT2D eigenvalue weighted by molar-refractivity contribution is 5.74. The van der Waals surface area contributed by atoms with Crippen LogP contribution in [-0.2, 0) is 13.0 Å². The molecule has 0 aliphatic carbocycles. The van der Waals surface area contributed by atoms with Gasteiger partial charge in [0, 0.05) is 38.2 Å². The van der Waals surface area contributed by atoms with Crippen molar-refractivity contribution >= 4 is 11.8 Å². The highest BCUT2D eigenvalue weighted by Crippen LogP contribution is 2.29. The Balaban J connectivity index is 1.86. The summed E-state index contributed by atoms with van der Waals surface area (Å²) in [4.78, 5) is 25.8. The van der Waals surface area contributed by atoms with E-state index in [0.717, 1.165) is 54.9 Å². The Hall–Kier alpha value is -1.85. The number of carbonyl (C=O) groups is 1. The number of aromatic nitrogens is 2. The number of fused-ring (bicyclic) bond motifs is 1. The predicted octanol–water partition coefficient (Wildman–Crippen LogP) is 2.11. The van der Waals surface area contributed by atoms with Gasteiger partial charge in [-0.05, 0) is 32.6 Å². The number of rotatable bonds is 2. The summed E-state index contributed by atoms with van der Waals surface area (Å²) in [6.07, 6.45) is 3.22. The van der Waals surface area contributed by atoms with Crippen LogP contribution in [-0.4, -0.2) is 47.1 Å². The summed E-state index contributed by atoms with van der Waals surface area (Å²) in [6.45, 7) is 10.3. The van der Waals surface area contributed by atoms with Crippen molar-refractivity contribution in [2.75, 3.05) is 31.1 Å². The first-order valence-electron chi connectivity index (χ1n) is 8.72. The first-order chi connectivity index (χ1) is 11.1. The van der Waals surface area contributed by atoms with Crippen LogP contribution < -0.4 is 10.2 Å². The van der Waals surface area contributed by atoms with E-state index in [1.165, 1.54) is 12.8 Å². The summed E-state index contributed by atoms with van der Waals surface area (Å²) in [7, 11) is 0. The standard InChI is InChI=1S/C17H27N5O/c1-4-18-17(23)22-10-7-15-14(11-22)16(20-13(3)19-15)21-8-5-12(2)6-9-21/h12H,4-11H2,1-3H3,(H,18,23). The van der Waals surface area contributed by atoms with Crippen molar-refractivity contribution in [3.05, 3.63) is 17.1 Å². The van der Waals surface area contributed by atoms with Crippen LogP contribution in [0.25, 0.3) is 0 Å². The van der Waals surface area contributed by atoms with Crippen LogP contribution in [0, 0.1) is 12.8 Å². The molecule has 0 radical (unpaired) electrons. The number of nitrogens with one attached hydrogen (secondary N) is 1. The SMILES string of the molecule is CCNC(=O)N1CCc2nc(C)nc(N3CCC(C)CC3)c2C1. The minimum Gasteiger partial charge on any atom is -0.356 e. The maximum atomic E-state index is 12.2. The Kier molecular flexibility index (Phi) is 4.68. The van der Waals surface area contributed by atoms with Crippen molar-refractivity contribution in [3.8, 4) is 0 Å². The van der Waals surface area contributed by atoms with E-state index in [4.69, 9.17) is 4.98 Å². The lowest BCUT2D eigenvalue weighted by atomic mass is 9.98. The van der Waals surface area contributed by atoms with E-state index in [1.807, 2.05) is 18.7 Å². The van der Waals surface area contributed by atoms with Gasteiger partial charge in [0.2, 0.25) is 0 Å². The normalized spacial score (nSPS) is 18.7. The highest BCUT2D eigenvalue weighted by Gasteiger charge is 2.28. The zero-order valence-corrected chi connectivity index (χ0v) is 14.4. The van der Waals surface area contributed by atoms with Crippen molar-refractivity contribution in [2.24, 2.45) is 5.92 Å². The Labute approximate surface area is 138 Å². The van der Waals surface area contributed by atoms with Crippen LogP contribution in [0.1, 0.15) is 43.8 Å². The van der Waals surface area contributed by atoms with Crippen LogP contribution in [0.15, 0.2) is 0 Å². The molecule has 2 aliphatic heterocycles. The molecular weight excluding hydrogens is 290 g/mol. The monoisotopic (exact) mass is 317 g/mol. The second kappa shape index (κ2) is 6.72. The molecule has 1 N–H and O–H groups in total. The molecule has 1 fully saturated rings. The van der Waals surface area contributed by atoms with E-state index in [0.29, 0.717) is 13.1 Å². The van der Waals surface area contributed by atoms with E-state index in [9.17, 15) is 4.79 Å². The first-order valence-corrected chi connectivity index (χ1v) is 8.72. The molecule has 0 saturated carbocycles. The molecule has 2 amide bonds. The molecule has 23 heavy (non-hydrogen) atoms. The van der Waals surface area contributed by atoms with Gasteiger partial charge >= 0.3 is 6.03 Å². The second-order valence-electron chi connectivity index (χ2n) is 6.70. The van der Waals surface area contributed by atoms with Crippen LogP contribution >= 0.6 is 0 Å². The smallest absolute Gasteiger partial charge is 0.317 e. The third-order valence-electron chi connectivity index (χ3n) is 4.85. The Morgan fingerprint density at radius 2 is 2.00 bits per heavy atom. The van der Waals surface area contributed by atoms with Gasteiger partial charge in [-0.15, -0.1) is 0 Å². The Bertz CT molecular complexity index is 581. The molecule has 0 atom stereocenters. The van der Waals surface area contributed by atoms with Crippen LogP contribution in [0.3, 0.4) is 0 Å². The maximum Gasteiger partial charge on any atom is 0.317 e. The lowest BCUT2D eigenvalue weighted by Gasteiger charge is -2.36. The van der Waals surface area contributed by atoms with Crippen molar-refractivity contribution < 1.29 is 4.79 Å². The molecule has 0 bridgehead atoms. The molecular formula is C17H27N5O. The third kappa shape index (κ3) is 3.41. The molecule has 6 heteroatoms. The number of nitrogens with zero attached hydrogens (tertiary/aromatic N) is 4. The zero-order valence-electron chi connectivity index (χ0n) is 14.4. The van der Waals surface area contributed by atoms with E-state index >= 15 is 0 Å². The lowest BCUT2D eigenvalue weighted by molar-refractivity contribution is 0.192. The molecule has 3 heterocycles. The van der Waals surface area contributed by atoms with Gasteiger partial charge in [-0.1, -0.05) is 6.92 Å². The average molecular weight is 317 g/mol. The Morgan fingerprint density at radius 3 is 2.70 bits per heavy atom. The molecule has 3 rings (SSSR count). The summed E-state index contributed by atoms with van der Waals surface area (Å²) in [5.74, 6) is 2.68. The fourth-order valence-corrected chi connectivity index (χ4v) is 3.44. The van der Waals surface area contributed by atoms with Gasteiger partial charge in [0.05, 0.1) is 12.2 Å². The zero-order chi connectivity index (χ0) is 16.4. The van der Waals surface area contributed by atoms with Crippen molar-refractivity contribution in [1.29, 1.82) is 0 Å². The van der Waals surface area contributed by atoms with Crippen LogP contribution in [0.5, 0.6) is 0 Å². The summed E-state index contributed by atoms with van der Waals surface area (Å²) < 4.78 is 0. The average Bonchev–Trinajstić information content (AvgIpc) is 2.54. The summed E-state index contributed by atoms with van der Waals surface area (Å²) in [5, 5.41) is 2.89. The minimum absolute atomic E-state index is 0.0111. The molecule has 2 aliphatic rings. The summed E-state index contributed by atoms with van der Waals surface area (Å²) >= 11 is 0. The highest BCUT2D eigenvalue weighted by atomic mass is 16.2. The lowest BCUT2D eigenvalue weighted by Crippen LogP contribution is -2.44. The summed E-state index contributed by atoms with van der Waals surface area (Å²) in [5.41, 5.74) is 2.26. The predicted molar refractivity (Wildman–Crippen MR) is 90.6 cm³/mol. The molecule has 0 unspecified atom stereocenters. The van der Waals surface area contributed by atoms with Crippen molar-refractivity contribution in [2.45, 2.75) is 46.6 Å². The molecule has 1 saturated heterocycles.